The summed E-state index contributed by atoms with van der Waals surface area (Å²) in [5.74, 6) is -2.05. The van der Waals surface area contributed by atoms with Crippen molar-refractivity contribution in [3.8, 4) is 5.75 Å². The molecular weight excluding hydrogens is 395 g/mol. The van der Waals surface area contributed by atoms with E-state index in [0.29, 0.717) is 34.8 Å². The molecule has 27 heavy (non-hydrogen) atoms. The molecule has 0 spiro atoms. The fraction of sp³-hybridized carbons (Fsp3) is 0.375. The molecule has 1 amide bonds. The van der Waals surface area contributed by atoms with E-state index >= 15 is 4.39 Å². The minimum atomic E-state index is -4.20. The van der Waals surface area contributed by atoms with E-state index < -0.39 is 39.9 Å². The molecule has 1 fully saturated rings. The lowest BCUT2D eigenvalue weighted by molar-refractivity contribution is -0.117. The number of anilines is 1. The number of aryl methyl sites for hydroxylation is 1. The highest BCUT2D eigenvalue weighted by Crippen LogP contribution is 2.39. The lowest BCUT2D eigenvalue weighted by Crippen LogP contribution is -2.35. The van der Waals surface area contributed by atoms with Crippen LogP contribution in [-0.4, -0.2) is 37.0 Å². The van der Waals surface area contributed by atoms with Gasteiger partial charge in [-0.2, -0.15) is 8.42 Å². The van der Waals surface area contributed by atoms with Crippen molar-refractivity contribution in [1.82, 2.24) is 15.0 Å². The second kappa shape index (κ2) is 6.73. The van der Waals surface area contributed by atoms with Crippen LogP contribution < -0.4 is 14.3 Å². The van der Waals surface area contributed by atoms with E-state index in [4.69, 9.17) is 0 Å². The Morgan fingerprint density at radius 2 is 2.30 bits per heavy atom. The van der Waals surface area contributed by atoms with Crippen LogP contribution in [0, 0.1) is 5.82 Å². The predicted octanol–water partition coefficient (Wildman–Crippen LogP) is 0.816. The molecule has 4 rings (SSSR count). The third-order valence-corrected chi connectivity index (χ3v) is 6.88. The van der Waals surface area contributed by atoms with Gasteiger partial charge in [0.05, 0.1) is 0 Å². The van der Waals surface area contributed by atoms with Gasteiger partial charge >= 0.3 is 10.2 Å². The van der Waals surface area contributed by atoms with Crippen molar-refractivity contribution in [1.29, 1.82) is 0 Å². The van der Waals surface area contributed by atoms with E-state index in [0.717, 1.165) is 11.4 Å². The van der Waals surface area contributed by atoms with E-state index in [1.54, 1.807) is 10.9 Å². The number of hydrogen-bond acceptors (Lipinski definition) is 7. The van der Waals surface area contributed by atoms with Crippen molar-refractivity contribution in [3.05, 3.63) is 39.6 Å². The van der Waals surface area contributed by atoms with Crippen LogP contribution in [0.2, 0.25) is 0 Å². The molecule has 2 aliphatic rings. The van der Waals surface area contributed by atoms with Crippen molar-refractivity contribution in [3.63, 3.8) is 0 Å². The van der Waals surface area contributed by atoms with Crippen LogP contribution in [-0.2, 0) is 34.4 Å². The molecule has 2 aromatic rings. The fourth-order valence-corrected chi connectivity index (χ4v) is 5.20. The van der Waals surface area contributed by atoms with Crippen molar-refractivity contribution in [2.24, 2.45) is 0 Å². The summed E-state index contributed by atoms with van der Waals surface area (Å²) in [7, 11) is -4.20. The molecule has 11 heteroatoms. The highest BCUT2D eigenvalue weighted by atomic mass is 32.2. The molecule has 0 bridgehead atoms. The zero-order valence-corrected chi connectivity index (χ0v) is 15.7. The Labute approximate surface area is 159 Å². The van der Waals surface area contributed by atoms with Gasteiger partial charge < -0.3 is 10.4 Å². The summed E-state index contributed by atoms with van der Waals surface area (Å²) >= 11 is 1.53. The van der Waals surface area contributed by atoms with Gasteiger partial charge in [-0.1, -0.05) is 0 Å². The zero-order valence-electron chi connectivity index (χ0n) is 14.1. The van der Waals surface area contributed by atoms with E-state index in [-0.39, 0.29) is 6.04 Å². The van der Waals surface area contributed by atoms with Crippen LogP contribution in [0.3, 0.4) is 0 Å². The number of phenolic OH excluding ortho intramolecular Hbond substituents is 1. The number of benzene rings is 1. The summed E-state index contributed by atoms with van der Waals surface area (Å²) in [5.41, 5.74) is 0.532. The standard InChI is InChI=1S/C16H17FN4O4S2/c17-15-11-6-10(19-7-14-18-3-4-26-14)2-1-9(11)5-12(22)16(15)21-8-13(23)20-27(21,24)25/h3-5,10,19,22H,1-2,6-8H2,(H,20,23)/t10-/m1/s1. The van der Waals surface area contributed by atoms with Crippen molar-refractivity contribution >= 4 is 33.1 Å². The monoisotopic (exact) mass is 412 g/mol. The highest BCUT2D eigenvalue weighted by Gasteiger charge is 2.39. The Hall–Kier alpha value is -2.24. The number of nitrogens with one attached hydrogen (secondary N) is 2. The normalized spacial score (nSPS) is 21.1. The molecule has 1 aromatic heterocycles. The van der Waals surface area contributed by atoms with E-state index in [1.165, 1.54) is 17.4 Å². The van der Waals surface area contributed by atoms with E-state index in [2.05, 4.69) is 10.3 Å². The molecule has 2 heterocycles. The van der Waals surface area contributed by atoms with Crippen LogP contribution in [0.25, 0.3) is 0 Å². The molecule has 1 saturated heterocycles. The van der Waals surface area contributed by atoms with Gasteiger partial charge in [-0.25, -0.2) is 18.4 Å². The molecule has 1 aliphatic heterocycles. The lowest BCUT2D eigenvalue weighted by Gasteiger charge is -2.28. The predicted molar refractivity (Wildman–Crippen MR) is 97.2 cm³/mol. The number of rotatable bonds is 4. The molecule has 0 unspecified atom stereocenters. The topological polar surface area (TPSA) is 112 Å². The zero-order chi connectivity index (χ0) is 19.2. The first-order chi connectivity index (χ1) is 12.8. The minimum Gasteiger partial charge on any atom is -0.506 e. The third-order valence-electron chi connectivity index (χ3n) is 4.72. The summed E-state index contributed by atoms with van der Waals surface area (Å²) in [6, 6.07) is 1.39. The van der Waals surface area contributed by atoms with E-state index in [9.17, 15) is 18.3 Å². The summed E-state index contributed by atoms with van der Waals surface area (Å²) < 4.78 is 41.6. The molecule has 1 aliphatic carbocycles. The van der Waals surface area contributed by atoms with Gasteiger partial charge in [-0.15, -0.1) is 11.3 Å². The van der Waals surface area contributed by atoms with Gasteiger partial charge in [0.25, 0.3) is 5.91 Å². The van der Waals surface area contributed by atoms with Gasteiger partial charge in [0, 0.05) is 24.2 Å². The quantitative estimate of drug-likeness (QED) is 0.686. The fourth-order valence-electron chi connectivity index (χ4n) is 3.47. The molecule has 3 N–H and O–H groups in total. The maximum absolute atomic E-state index is 15.2. The molecule has 1 aromatic carbocycles. The largest absolute Gasteiger partial charge is 0.506 e. The third kappa shape index (κ3) is 3.37. The summed E-state index contributed by atoms with van der Waals surface area (Å²) in [5, 5.41) is 16.4. The maximum Gasteiger partial charge on any atom is 0.326 e. The SMILES string of the molecule is O=C1CN(c2c(O)cc3c(c2F)C[C@H](NCc2nccs2)CC3)S(=O)(=O)N1. The lowest BCUT2D eigenvalue weighted by atomic mass is 9.87. The highest BCUT2D eigenvalue weighted by molar-refractivity contribution is 7.92. The van der Waals surface area contributed by atoms with Crippen LogP contribution in [0.1, 0.15) is 22.6 Å². The Balaban J connectivity index is 1.62. The number of aromatic hydroxyl groups is 1. The molecule has 144 valence electrons. The van der Waals surface area contributed by atoms with Crippen LogP contribution in [0.5, 0.6) is 5.75 Å². The van der Waals surface area contributed by atoms with Gasteiger partial charge in [0.15, 0.2) is 5.82 Å². The van der Waals surface area contributed by atoms with Gasteiger partial charge in [0.1, 0.15) is 23.0 Å². The number of nitrogens with zero attached hydrogens (tertiary/aromatic N) is 2. The van der Waals surface area contributed by atoms with Crippen molar-refractivity contribution < 1.29 is 22.7 Å². The first-order valence-corrected chi connectivity index (χ1v) is 10.7. The molecule has 1 atom stereocenters. The number of phenols is 1. The van der Waals surface area contributed by atoms with Gasteiger partial charge in [-0.3, -0.25) is 4.79 Å². The van der Waals surface area contributed by atoms with Gasteiger partial charge in [0.2, 0.25) is 0 Å². The smallest absolute Gasteiger partial charge is 0.326 e. The average molecular weight is 412 g/mol. The Morgan fingerprint density at radius 3 is 2.96 bits per heavy atom. The van der Waals surface area contributed by atoms with Crippen LogP contribution in [0.15, 0.2) is 17.6 Å². The first kappa shape index (κ1) is 18.1. The molecule has 0 saturated carbocycles. The Morgan fingerprint density at radius 1 is 1.48 bits per heavy atom. The average Bonchev–Trinajstić information content (AvgIpc) is 3.21. The summed E-state index contributed by atoms with van der Waals surface area (Å²) in [4.78, 5) is 15.7. The number of hydrogen-bond donors (Lipinski definition) is 3. The van der Waals surface area contributed by atoms with E-state index in [1.807, 2.05) is 5.38 Å². The second-order valence-corrected chi connectivity index (χ2v) is 9.05. The number of aromatic nitrogens is 1. The molecular formula is C16H17FN4O4S2. The minimum absolute atomic E-state index is 0.00300. The number of fused-ring (bicyclic) bond motifs is 1. The second-order valence-electron chi connectivity index (χ2n) is 6.48. The molecule has 0 radical (unpaired) electrons. The summed E-state index contributed by atoms with van der Waals surface area (Å²) in [6.45, 7) is 0.0144. The Kier molecular flexibility index (Phi) is 4.52. The number of thiazole rings is 1. The van der Waals surface area contributed by atoms with Crippen LogP contribution in [0.4, 0.5) is 10.1 Å². The van der Waals surface area contributed by atoms with Gasteiger partial charge in [-0.05, 0) is 36.5 Å². The number of carbonyl (C=O) groups is 1. The maximum atomic E-state index is 15.2. The number of halogens is 1. The van der Waals surface area contributed by atoms with Crippen molar-refractivity contribution in [2.75, 3.05) is 10.8 Å². The molecule has 8 nitrogen and oxygen atoms in total. The number of carbonyl (C=O) groups excluding carboxylic acids is 1. The number of amides is 1. The Bertz CT molecular complexity index is 994. The van der Waals surface area contributed by atoms with Crippen molar-refractivity contribution in [2.45, 2.75) is 31.8 Å². The first-order valence-electron chi connectivity index (χ1n) is 8.33. The summed E-state index contributed by atoms with van der Waals surface area (Å²) in [6.07, 6.45) is 3.39. The van der Waals surface area contributed by atoms with Crippen LogP contribution >= 0.6 is 11.3 Å².